The Morgan fingerprint density at radius 1 is 1.26 bits per heavy atom. The van der Waals surface area contributed by atoms with E-state index in [2.05, 4.69) is 11.6 Å². The number of hydrogen-bond donors (Lipinski definition) is 0. The van der Waals surface area contributed by atoms with Crippen LogP contribution in [0.5, 0.6) is 5.75 Å². The maximum Gasteiger partial charge on any atom is 0.279 e. The molecule has 1 aromatic heterocycles. The summed E-state index contributed by atoms with van der Waals surface area (Å²) in [6, 6.07) is 11.6. The van der Waals surface area contributed by atoms with Crippen molar-refractivity contribution < 1.29 is 17.9 Å². The zero-order valence-corrected chi connectivity index (χ0v) is 16.5. The first kappa shape index (κ1) is 19.1. The largest absolute Gasteiger partial charge is 0.497 e. The van der Waals surface area contributed by atoms with Crippen molar-refractivity contribution in [3.05, 3.63) is 65.5 Å². The Labute approximate surface area is 161 Å². The number of amides is 1. The molecule has 2 aromatic carbocycles. The highest BCUT2D eigenvalue weighted by Crippen LogP contribution is 2.22. The standard InChI is InChI=1S/C19H18N2O4S2/c1-4-11-21-16-10-9-15(27(3,23)24)12-17(16)26-19(21)20-18(22)13-5-7-14(25-2)8-6-13/h4-10,12H,1,11H2,2-3H3. The molecule has 1 heterocycles. The van der Waals surface area contributed by atoms with E-state index in [1.165, 1.54) is 11.3 Å². The molecule has 0 aliphatic heterocycles. The summed E-state index contributed by atoms with van der Waals surface area (Å²) in [6.45, 7) is 4.20. The molecule has 0 spiro atoms. The summed E-state index contributed by atoms with van der Waals surface area (Å²) in [6.07, 6.45) is 2.87. The lowest BCUT2D eigenvalue weighted by Gasteiger charge is -2.02. The van der Waals surface area contributed by atoms with Crippen molar-refractivity contribution in [2.45, 2.75) is 11.4 Å². The molecule has 6 nitrogen and oxygen atoms in total. The summed E-state index contributed by atoms with van der Waals surface area (Å²) in [5.41, 5.74) is 1.24. The number of allylic oxidation sites excluding steroid dienone is 1. The minimum atomic E-state index is -3.31. The summed E-state index contributed by atoms with van der Waals surface area (Å²) in [5.74, 6) is 0.272. The number of fused-ring (bicyclic) bond motifs is 1. The van der Waals surface area contributed by atoms with Gasteiger partial charge in [-0.2, -0.15) is 4.99 Å². The average molecular weight is 402 g/mol. The fourth-order valence-electron chi connectivity index (χ4n) is 2.56. The van der Waals surface area contributed by atoms with Crippen LogP contribution in [0.2, 0.25) is 0 Å². The van der Waals surface area contributed by atoms with E-state index in [1.54, 1.807) is 55.7 Å². The van der Waals surface area contributed by atoms with E-state index in [-0.39, 0.29) is 10.8 Å². The summed E-state index contributed by atoms with van der Waals surface area (Å²) in [5, 5.41) is 0. The molecule has 3 rings (SSSR count). The van der Waals surface area contributed by atoms with Crippen LogP contribution in [0.3, 0.4) is 0 Å². The van der Waals surface area contributed by atoms with Gasteiger partial charge in [-0.1, -0.05) is 17.4 Å². The molecule has 0 atom stereocenters. The number of thiazole rings is 1. The third kappa shape index (κ3) is 4.01. The van der Waals surface area contributed by atoms with Gasteiger partial charge in [0.25, 0.3) is 5.91 Å². The second kappa shape index (κ2) is 7.50. The number of carbonyl (C=O) groups excluding carboxylic acids is 1. The molecule has 0 saturated heterocycles. The van der Waals surface area contributed by atoms with Gasteiger partial charge in [-0.3, -0.25) is 4.79 Å². The van der Waals surface area contributed by atoms with E-state index >= 15 is 0 Å². The Morgan fingerprint density at radius 2 is 1.96 bits per heavy atom. The molecule has 0 unspecified atom stereocenters. The van der Waals surface area contributed by atoms with Gasteiger partial charge in [0.1, 0.15) is 5.75 Å². The monoisotopic (exact) mass is 402 g/mol. The maximum atomic E-state index is 12.5. The zero-order valence-electron chi connectivity index (χ0n) is 14.9. The van der Waals surface area contributed by atoms with E-state index < -0.39 is 9.84 Å². The molecule has 3 aromatic rings. The molecule has 8 heteroatoms. The lowest BCUT2D eigenvalue weighted by atomic mass is 10.2. The van der Waals surface area contributed by atoms with E-state index in [4.69, 9.17) is 4.74 Å². The number of aromatic nitrogens is 1. The number of sulfone groups is 1. The fraction of sp³-hybridized carbons (Fsp3) is 0.158. The first-order chi connectivity index (χ1) is 12.8. The summed E-state index contributed by atoms with van der Waals surface area (Å²) in [7, 11) is -1.76. The normalized spacial score (nSPS) is 12.3. The van der Waals surface area contributed by atoms with Gasteiger partial charge in [-0.25, -0.2) is 8.42 Å². The van der Waals surface area contributed by atoms with Crippen LogP contribution >= 0.6 is 11.3 Å². The Bertz CT molecular complexity index is 1190. The molecular formula is C19H18N2O4S2. The van der Waals surface area contributed by atoms with Gasteiger partial charge in [0.05, 0.1) is 22.2 Å². The molecule has 0 radical (unpaired) electrons. The molecular weight excluding hydrogens is 384 g/mol. The van der Waals surface area contributed by atoms with Crippen LogP contribution in [0.4, 0.5) is 0 Å². The fourth-order valence-corrected chi connectivity index (χ4v) is 4.36. The number of methoxy groups -OCH3 is 1. The highest BCUT2D eigenvalue weighted by molar-refractivity contribution is 7.90. The number of benzene rings is 2. The smallest absolute Gasteiger partial charge is 0.279 e. The molecule has 1 amide bonds. The molecule has 0 aliphatic carbocycles. The van der Waals surface area contributed by atoms with Crippen molar-refractivity contribution >= 4 is 37.3 Å². The predicted molar refractivity (Wildman–Crippen MR) is 106 cm³/mol. The highest BCUT2D eigenvalue weighted by atomic mass is 32.2. The molecule has 27 heavy (non-hydrogen) atoms. The van der Waals surface area contributed by atoms with Crippen LogP contribution < -0.4 is 9.54 Å². The quantitative estimate of drug-likeness (QED) is 0.615. The van der Waals surface area contributed by atoms with Crippen LogP contribution in [0.25, 0.3) is 10.2 Å². The minimum Gasteiger partial charge on any atom is -0.497 e. The first-order valence-corrected chi connectivity index (χ1v) is 10.7. The van der Waals surface area contributed by atoms with E-state index in [9.17, 15) is 13.2 Å². The lowest BCUT2D eigenvalue weighted by molar-refractivity contribution is 0.0998. The SMILES string of the molecule is C=CCn1c(=NC(=O)c2ccc(OC)cc2)sc2cc(S(C)(=O)=O)ccc21. The van der Waals surface area contributed by atoms with Crippen LogP contribution in [-0.4, -0.2) is 32.3 Å². The second-order valence-corrected chi connectivity index (χ2v) is 8.86. The van der Waals surface area contributed by atoms with Crippen LogP contribution in [-0.2, 0) is 16.4 Å². The van der Waals surface area contributed by atoms with Crippen LogP contribution in [0.1, 0.15) is 10.4 Å². The lowest BCUT2D eigenvalue weighted by Crippen LogP contribution is -2.16. The number of carbonyl (C=O) groups is 1. The van der Waals surface area contributed by atoms with Gasteiger partial charge in [-0.05, 0) is 42.5 Å². The minimum absolute atomic E-state index is 0.232. The number of nitrogens with zero attached hydrogens (tertiary/aromatic N) is 2. The van der Waals surface area contributed by atoms with Gasteiger partial charge in [0.15, 0.2) is 14.6 Å². The van der Waals surface area contributed by atoms with Crippen molar-refractivity contribution in [2.24, 2.45) is 4.99 Å². The average Bonchev–Trinajstić information content (AvgIpc) is 2.98. The number of hydrogen-bond acceptors (Lipinski definition) is 5. The molecule has 0 N–H and O–H groups in total. The van der Waals surface area contributed by atoms with Crippen molar-refractivity contribution in [3.63, 3.8) is 0 Å². The zero-order chi connectivity index (χ0) is 19.6. The molecule has 140 valence electrons. The van der Waals surface area contributed by atoms with Gasteiger partial charge in [0, 0.05) is 18.4 Å². The third-order valence-corrected chi connectivity index (χ3v) is 6.08. The van der Waals surface area contributed by atoms with Gasteiger partial charge < -0.3 is 9.30 Å². The molecule has 0 aliphatic rings. The number of rotatable bonds is 5. The van der Waals surface area contributed by atoms with Crippen molar-refractivity contribution in [1.29, 1.82) is 0 Å². The van der Waals surface area contributed by atoms with Crippen molar-refractivity contribution in [2.75, 3.05) is 13.4 Å². The second-order valence-electron chi connectivity index (χ2n) is 5.83. The van der Waals surface area contributed by atoms with Gasteiger partial charge in [-0.15, -0.1) is 6.58 Å². The Balaban J connectivity index is 2.13. The first-order valence-electron chi connectivity index (χ1n) is 8.01. The van der Waals surface area contributed by atoms with E-state index in [1.807, 2.05) is 4.57 Å². The van der Waals surface area contributed by atoms with Crippen molar-refractivity contribution in [1.82, 2.24) is 4.57 Å². The topological polar surface area (TPSA) is 77.7 Å². The summed E-state index contributed by atoms with van der Waals surface area (Å²) < 4.78 is 31.3. The Hall–Kier alpha value is -2.71. The van der Waals surface area contributed by atoms with Gasteiger partial charge in [0.2, 0.25) is 0 Å². The third-order valence-electron chi connectivity index (χ3n) is 3.93. The van der Waals surface area contributed by atoms with Crippen LogP contribution in [0, 0.1) is 0 Å². The summed E-state index contributed by atoms with van der Waals surface area (Å²) in [4.78, 5) is 17.5. The Morgan fingerprint density at radius 3 is 2.56 bits per heavy atom. The molecule has 0 bridgehead atoms. The molecule has 0 saturated carbocycles. The number of ether oxygens (including phenoxy) is 1. The highest BCUT2D eigenvalue weighted by Gasteiger charge is 2.13. The maximum absolute atomic E-state index is 12.5. The Kier molecular flexibility index (Phi) is 5.29. The van der Waals surface area contributed by atoms with E-state index in [0.29, 0.717) is 22.7 Å². The van der Waals surface area contributed by atoms with E-state index in [0.717, 1.165) is 16.5 Å². The van der Waals surface area contributed by atoms with Gasteiger partial charge >= 0.3 is 0 Å². The molecule has 0 fully saturated rings. The van der Waals surface area contributed by atoms with Crippen LogP contribution in [0.15, 0.2) is 65.0 Å². The van der Waals surface area contributed by atoms with Crippen molar-refractivity contribution in [3.8, 4) is 5.75 Å². The predicted octanol–water partition coefficient (Wildman–Crippen LogP) is 3.04. The summed E-state index contributed by atoms with van der Waals surface area (Å²) >= 11 is 1.26.